The van der Waals surface area contributed by atoms with Crippen LogP contribution in [0.1, 0.15) is 22.8 Å². The molecule has 0 aliphatic carbocycles. The van der Waals surface area contributed by atoms with Gasteiger partial charge in [0.15, 0.2) is 23.3 Å². The van der Waals surface area contributed by atoms with Crippen LogP contribution in [0, 0.1) is 10.1 Å². The number of nitro groups is 1. The molecule has 4 aliphatic heterocycles. The van der Waals surface area contributed by atoms with Crippen LogP contribution in [0.5, 0.6) is 11.5 Å². The number of nitrogens with two attached hydrogens (primary N) is 1. The van der Waals surface area contributed by atoms with E-state index in [9.17, 15) is 10.1 Å². The summed E-state index contributed by atoms with van der Waals surface area (Å²) >= 11 is 0. The summed E-state index contributed by atoms with van der Waals surface area (Å²) in [6.45, 7) is 9.97. The Kier molecular flexibility index (Phi) is 14.5. The van der Waals surface area contributed by atoms with Gasteiger partial charge in [0.2, 0.25) is 11.6 Å². The van der Waals surface area contributed by atoms with Crippen molar-refractivity contribution in [2.75, 3.05) is 145 Å². The molecule has 0 radical (unpaired) electrons. The van der Waals surface area contributed by atoms with Gasteiger partial charge in [0.05, 0.1) is 72.0 Å². The summed E-state index contributed by atoms with van der Waals surface area (Å²) in [6.07, 6.45) is 7.58. The Hall–Kier alpha value is -6.08. The van der Waals surface area contributed by atoms with Gasteiger partial charge in [-0.3, -0.25) is 10.1 Å². The third kappa shape index (κ3) is 10.7. The second kappa shape index (κ2) is 20.7. The van der Waals surface area contributed by atoms with E-state index in [1.807, 2.05) is 76.6 Å². The molecule has 0 atom stereocenters. The molecule has 4 fully saturated rings. The summed E-state index contributed by atoms with van der Waals surface area (Å²) in [5.41, 5.74) is 9.08. The van der Waals surface area contributed by atoms with Crippen LogP contribution in [-0.4, -0.2) is 144 Å². The lowest BCUT2D eigenvalue weighted by Crippen LogP contribution is -2.40. The van der Waals surface area contributed by atoms with Crippen LogP contribution in [0.2, 0.25) is 0 Å². The first-order chi connectivity index (χ1) is 29.4. The summed E-state index contributed by atoms with van der Waals surface area (Å²) in [5, 5.41) is 12.1. The highest BCUT2D eigenvalue weighted by atomic mass is 16.6. The van der Waals surface area contributed by atoms with Crippen molar-refractivity contribution >= 4 is 59.0 Å². The molecule has 18 heteroatoms. The van der Waals surface area contributed by atoms with E-state index in [4.69, 9.17) is 44.1 Å². The Balaban J connectivity index is 0.000000182. The minimum absolute atomic E-state index is 0.0644. The molecule has 318 valence electrons. The van der Waals surface area contributed by atoms with E-state index >= 15 is 0 Å². The zero-order chi connectivity index (χ0) is 41.7. The molecule has 4 aromatic rings. The molecule has 60 heavy (non-hydrogen) atoms. The van der Waals surface area contributed by atoms with Crippen molar-refractivity contribution in [3.8, 4) is 11.5 Å². The molecule has 0 unspecified atom stereocenters. The third-order valence-corrected chi connectivity index (χ3v) is 10.3. The molecule has 8 rings (SSSR count). The number of morpholine rings is 4. The molecule has 6 heterocycles. The zero-order valence-corrected chi connectivity index (χ0v) is 34.1. The van der Waals surface area contributed by atoms with Crippen LogP contribution in [0.25, 0.3) is 24.3 Å². The van der Waals surface area contributed by atoms with E-state index in [0.29, 0.717) is 108 Å². The Morgan fingerprint density at radius 3 is 1.13 bits per heavy atom. The number of hydrogen-bond donors (Lipinski definition) is 1. The number of rotatable bonds is 11. The molecule has 2 aromatic heterocycles. The molecular weight excluding hydrogens is 773 g/mol. The van der Waals surface area contributed by atoms with Crippen LogP contribution >= 0.6 is 0 Å². The van der Waals surface area contributed by atoms with Gasteiger partial charge in [-0.2, -0.15) is 0 Å². The van der Waals surface area contributed by atoms with Crippen molar-refractivity contribution < 1.29 is 33.3 Å². The Bertz CT molecular complexity index is 2000. The number of aromatic nitrogens is 4. The van der Waals surface area contributed by atoms with Crippen molar-refractivity contribution in [1.82, 2.24) is 19.9 Å². The van der Waals surface area contributed by atoms with Crippen molar-refractivity contribution in [3.05, 3.63) is 81.4 Å². The summed E-state index contributed by atoms with van der Waals surface area (Å²) < 4.78 is 32.2. The number of hydrogen-bond acceptors (Lipinski definition) is 17. The van der Waals surface area contributed by atoms with Gasteiger partial charge in [-0.05, 0) is 47.5 Å². The maximum atomic E-state index is 12.1. The molecule has 0 saturated carbocycles. The number of anilines is 5. The predicted octanol–water partition coefficient (Wildman–Crippen LogP) is 4.15. The van der Waals surface area contributed by atoms with E-state index in [1.54, 1.807) is 20.3 Å². The minimum Gasteiger partial charge on any atom is -0.497 e. The van der Waals surface area contributed by atoms with E-state index in [0.717, 1.165) is 60.4 Å². The summed E-state index contributed by atoms with van der Waals surface area (Å²) in [5.74, 6) is 4.88. The summed E-state index contributed by atoms with van der Waals surface area (Å²) in [4.78, 5) is 38.5. The van der Waals surface area contributed by atoms with Gasteiger partial charge < -0.3 is 53.8 Å². The second-order valence-corrected chi connectivity index (χ2v) is 14.1. The minimum atomic E-state index is -0.382. The third-order valence-electron chi connectivity index (χ3n) is 10.3. The zero-order valence-electron chi connectivity index (χ0n) is 34.1. The highest BCUT2D eigenvalue weighted by Crippen LogP contribution is 2.36. The standard InChI is InChI=1S/C21H25N5O5.C21H27N5O3/c1-29-17-5-2-16(3-6-17)4-7-18-22-20(24-8-12-30-13-9-24)19(26(27)28)21(23-18)25-10-14-31-15-11-25;1-27-17-5-2-16(3-6-17)4-7-18-23-20(25-8-12-28-13-9-25)19(22)21(24-18)26-10-14-29-15-11-26/h2-7H,8-15H2,1H3;2-7H,8-15,22H2,1H3/b2*7-4+. The molecule has 0 spiro atoms. The number of benzene rings is 2. The number of nitrogen functional groups attached to an aromatic ring is 1. The Morgan fingerprint density at radius 2 is 0.833 bits per heavy atom. The molecule has 0 bridgehead atoms. The quantitative estimate of drug-likeness (QED) is 0.168. The van der Waals surface area contributed by atoms with Gasteiger partial charge in [-0.1, -0.05) is 36.4 Å². The Labute approximate surface area is 349 Å². The van der Waals surface area contributed by atoms with E-state index < -0.39 is 0 Å². The maximum Gasteiger partial charge on any atom is 0.353 e. The fourth-order valence-corrected chi connectivity index (χ4v) is 7.02. The average molecular weight is 825 g/mol. The second-order valence-electron chi connectivity index (χ2n) is 14.1. The molecule has 0 amide bonds. The van der Waals surface area contributed by atoms with E-state index in [1.165, 1.54) is 0 Å². The van der Waals surface area contributed by atoms with Crippen molar-refractivity contribution in [2.24, 2.45) is 0 Å². The van der Waals surface area contributed by atoms with Crippen LogP contribution < -0.4 is 34.8 Å². The van der Waals surface area contributed by atoms with Gasteiger partial charge >= 0.3 is 5.69 Å². The monoisotopic (exact) mass is 824 g/mol. The van der Waals surface area contributed by atoms with E-state index in [2.05, 4.69) is 19.8 Å². The Morgan fingerprint density at radius 1 is 0.533 bits per heavy atom. The highest BCUT2D eigenvalue weighted by molar-refractivity contribution is 5.79. The topological polar surface area (TPSA) is 189 Å². The molecule has 4 aliphatic rings. The van der Waals surface area contributed by atoms with Gasteiger partial charge in [0.25, 0.3) is 0 Å². The lowest BCUT2D eigenvalue weighted by Gasteiger charge is -2.32. The normalized spacial score (nSPS) is 17.4. The molecule has 2 N–H and O–H groups in total. The molecular formula is C42H52N10O8. The van der Waals surface area contributed by atoms with Crippen LogP contribution in [-0.2, 0) is 18.9 Å². The SMILES string of the molecule is COc1ccc(/C=C/c2nc(N3CCOCC3)c(N)c(N3CCOCC3)n2)cc1.COc1ccc(/C=C/c2nc(N3CCOCC3)c([N+](=O)[O-])c(N3CCOCC3)n2)cc1. The van der Waals surface area contributed by atoms with Crippen LogP contribution in [0.15, 0.2) is 48.5 Å². The summed E-state index contributed by atoms with van der Waals surface area (Å²) in [7, 11) is 3.28. The molecule has 4 saturated heterocycles. The fraction of sp³-hybridized carbons (Fsp3) is 0.429. The van der Waals surface area contributed by atoms with Crippen molar-refractivity contribution in [3.63, 3.8) is 0 Å². The number of methoxy groups -OCH3 is 2. The van der Waals surface area contributed by atoms with Gasteiger partial charge in [-0.15, -0.1) is 0 Å². The summed E-state index contributed by atoms with van der Waals surface area (Å²) in [6, 6.07) is 15.4. The molecule has 18 nitrogen and oxygen atoms in total. The van der Waals surface area contributed by atoms with E-state index in [-0.39, 0.29) is 10.6 Å². The fourth-order valence-electron chi connectivity index (χ4n) is 7.02. The highest BCUT2D eigenvalue weighted by Gasteiger charge is 2.33. The largest absolute Gasteiger partial charge is 0.497 e. The first-order valence-electron chi connectivity index (χ1n) is 20.1. The van der Waals surface area contributed by atoms with Gasteiger partial charge in [0, 0.05) is 52.4 Å². The average Bonchev–Trinajstić information content (AvgIpc) is 3.31. The first kappa shape index (κ1) is 42.1. The smallest absolute Gasteiger partial charge is 0.353 e. The van der Waals surface area contributed by atoms with Crippen LogP contribution in [0.4, 0.5) is 34.6 Å². The maximum absolute atomic E-state index is 12.1. The number of nitrogens with zero attached hydrogens (tertiary/aromatic N) is 9. The number of ether oxygens (including phenoxy) is 6. The van der Waals surface area contributed by atoms with Crippen molar-refractivity contribution in [2.45, 2.75) is 0 Å². The predicted molar refractivity (Wildman–Crippen MR) is 231 cm³/mol. The van der Waals surface area contributed by atoms with Gasteiger partial charge in [0.1, 0.15) is 17.2 Å². The van der Waals surface area contributed by atoms with Crippen molar-refractivity contribution in [1.29, 1.82) is 0 Å². The molecule has 2 aromatic carbocycles. The van der Waals surface area contributed by atoms with Gasteiger partial charge in [-0.25, -0.2) is 19.9 Å². The first-order valence-corrected chi connectivity index (χ1v) is 20.1. The van der Waals surface area contributed by atoms with Crippen LogP contribution in [0.3, 0.4) is 0 Å². The lowest BCUT2D eigenvalue weighted by atomic mass is 10.2. The lowest BCUT2D eigenvalue weighted by molar-refractivity contribution is -0.383.